The minimum absolute atomic E-state index is 0. The molecule has 1 aromatic carbocycles. The summed E-state index contributed by atoms with van der Waals surface area (Å²) in [5, 5.41) is 14.8. The molecule has 0 spiro atoms. The molecule has 0 unspecified atom stereocenters. The van der Waals surface area contributed by atoms with E-state index in [0.29, 0.717) is 0 Å². The second-order valence-electron chi connectivity index (χ2n) is 1.84. The van der Waals surface area contributed by atoms with Gasteiger partial charge in [-0.2, -0.15) is 0 Å². The predicted molar refractivity (Wildman–Crippen MR) is 51.7 cm³/mol. The lowest BCUT2D eigenvalue weighted by Gasteiger charge is -1.92. The molecule has 0 atom stereocenters. The summed E-state index contributed by atoms with van der Waals surface area (Å²) in [7, 11) is 0. The molecule has 1 aromatic rings. The van der Waals surface area contributed by atoms with E-state index < -0.39 is 0 Å². The molecule has 4 heteroatoms. The third-order valence-electron chi connectivity index (χ3n) is 1.13. The van der Waals surface area contributed by atoms with Crippen LogP contribution < -0.4 is 0 Å². The van der Waals surface area contributed by atoms with Crippen LogP contribution in [0.3, 0.4) is 0 Å². The molecule has 0 aliphatic heterocycles. The van der Waals surface area contributed by atoms with Crippen molar-refractivity contribution in [1.29, 1.82) is 0 Å². The van der Waals surface area contributed by atoms with Crippen LogP contribution in [0.1, 0.15) is 5.56 Å². The van der Waals surface area contributed by atoms with Crippen LogP contribution in [0.25, 0.3) is 6.08 Å². The average Bonchev–Trinajstić information content (AvgIpc) is 2.07. The Balaban J connectivity index is 0.000000354. The summed E-state index contributed by atoms with van der Waals surface area (Å²) in [5.41, 5.74) is 0.985. The van der Waals surface area contributed by atoms with E-state index in [0.717, 1.165) is 10.6 Å². The van der Waals surface area contributed by atoms with Gasteiger partial charge < -0.3 is 10.0 Å². The fourth-order valence-electron chi connectivity index (χ4n) is 0.641. The summed E-state index contributed by atoms with van der Waals surface area (Å²) in [4.78, 5) is 0. The van der Waals surface area contributed by atoms with Crippen molar-refractivity contribution in [3.63, 3.8) is 0 Å². The standard InChI is InChI=1S/C8H7Cl.BH2O2/c1-2-7-5-3-4-6-8(7)9;2-1-3/h2-6H,1H2;2-3H. The molecule has 0 fully saturated rings. The highest BCUT2D eigenvalue weighted by Crippen LogP contribution is 2.14. The van der Waals surface area contributed by atoms with E-state index in [1.165, 1.54) is 0 Å². The van der Waals surface area contributed by atoms with Crippen LogP contribution >= 0.6 is 11.6 Å². The van der Waals surface area contributed by atoms with Crippen molar-refractivity contribution in [3.05, 3.63) is 41.4 Å². The second kappa shape index (κ2) is 6.92. The first kappa shape index (κ1) is 11.2. The van der Waals surface area contributed by atoms with Gasteiger partial charge in [0.05, 0.1) is 0 Å². The van der Waals surface area contributed by atoms with Gasteiger partial charge in [-0.1, -0.05) is 42.5 Å². The Bertz CT molecular complexity index is 240. The molecule has 0 saturated carbocycles. The van der Waals surface area contributed by atoms with Crippen LogP contribution in [0.2, 0.25) is 5.02 Å². The number of rotatable bonds is 1. The first-order valence-electron chi connectivity index (χ1n) is 3.23. The minimum atomic E-state index is 0. The van der Waals surface area contributed by atoms with Gasteiger partial charge in [-0.15, -0.1) is 0 Å². The highest BCUT2D eigenvalue weighted by Gasteiger charge is 1.89. The van der Waals surface area contributed by atoms with Gasteiger partial charge in [-0.25, -0.2) is 0 Å². The summed E-state index contributed by atoms with van der Waals surface area (Å²) in [6.45, 7) is 3.61. The quantitative estimate of drug-likeness (QED) is 0.648. The Morgan fingerprint density at radius 2 is 1.83 bits per heavy atom. The van der Waals surface area contributed by atoms with Crippen molar-refractivity contribution in [2.45, 2.75) is 0 Å². The van der Waals surface area contributed by atoms with Crippen LogP contribution in [0.4, 0.5) is 0 Å². The molecule has 12 heavy (non-hydrogen) atoms. The third-order valence-corrected chi connectivity index (χ3v) is 1.47. The van der Waals surface area contributed by atoms with Crippen molar-refractivity contribution < 1.29 is 10.0 Å². The molecule has 2 N–H and O–H groups in total. The molecule has 0 saturated heterocycles. The predicted octanol–water partition coefficient (Wildman–Crippen LogP) is 1.49. The van der Waals surface area contributed by atoms with Crippen LogP contribution in [-0.4, -0.2) is 17.7 Å². The van der Waals surface area contributed by atoms with Gasteiger partial charge in [0.2, 0.25) is 0 Å². The SMILES string of the molecule is C=Cc1ccccc1Cl.O[B]O. The van der Waals surface area contributed by atoms with Gasteiger partial charge in [0.1, 0.15) is 0 Å². The topological polar surface area (TPSA) is 40.5 Å². The zero-order valence-electron chi connectivity index (χ0n) is 6.44. The molecular formula is C8H9BClO2. The average molecular weight is 183 g/mol. The molecule has 0 bridgehead atoms. The normalized spacial score (nSPS) is 7.92. The van der Waals surface area contributed by atoms with E-state index >= 15 is 0 Å². The van der Waals surface area contributed by atoms with E-state index in [1.807, 2.05) is 24.3 Å². The summed E-state index contributed by atoms with van der Waals surface area (Å²) < 4.78 is 0. The Morgan fingerprint density at radius 3 is 2.17 bits per heavy atom. The maximum Gasteiger partial charge on any atom is 0.482 e. The Kier molecular flexibility index (Phi) is 6.47. The van der Waals surface area contributed by atoms with E-state index in [-0.39, 0.29) is 7.69 Å². The monoisotopic (exact) mass is 183 g/mol. The number of benzene rings is 1. The van der Waals surface area contributed by atoms with Crippen LogP contribution in [0.5, 0.6) is 0 Å². The molecule has 0 aromatic heterocycles. The van der Waals surface area contributed by atoms with Gasteiger partial charge in [0, 0.05) is 5.02 Å². The van der Waals surface area contributed by atoms with E-state index in [9.17, 15) is 0 Å². The lowest BCUT2D eigenvalue weighted by Crippen LogP contribution is -1.75. The fraction of sp³-hybridized carbons (Fsp3) is 0. The van der Waals surface area contributed by atoms with Crippen molar-refractivity contribution >= 4 is 25.4 Å². The van der Waals surface area contributed by atoms with Crippen molar-refractivity contribution in [2.24, 2.45) is 0 Å². The van der Waals surface area contributed by atoms with E-state index in [4.69, 9.17) is 21.6 Å². The van der Waals surface area contributed by atoms with Gasteiger partial charge in [-0.05, 0) is 11.6 Å². The molecule has 0 heterocycles. The number of hydrogen-bond donors (Lipinski definition) is 2. The Morgan fingerprint density at radius 1 is 1.33 bits per heavy atom. The molecule has 2 nitrogen and oxygen atoms in total. The van der Waals surface area contributed by atoms with E-state index in [2.05, 4.69) is 6.58 Å². The zero-order valence-corrected chi connectivity index (χ0v) is 7.20. The van der Waals surface area contributed by atoms with Crippen LogP contribution in [0, 0.1) is 0 Å². The summed E-state index contributed by atoms with van der Waals surface area (Å²) in [5.74, 6) is 0. The number of hydrogen-bond acceptors (Lipinski definition) is 2. The highest BCUT2D eigenvalue weighted by molar-refractivity contribution is 6.32. The Hall–Kier alpha value is -0.765. The second-order valence-corrected chi connectivity index (χ2v) is 2.25. The highest BCUT2D eigenvalue weighted by atomic mass is 35.5. The lowest BCUT2D eigenvalue weighted by atomic mass is 10.2. The largest absolute Gasteiger partial charge is 0.482 e. The van der Waals surface area contributed by atoms with Crippen molar-refractivity contribution in [3.8, 4) is 0 Å². The maximum absolute atomic E-state index is 7.00. The maximum atomic E-state index is 7.00. The number of halogens is 1. The van der Waals surface area contributed by atoms with Gasteiger partial charge in [-0.3, -0.25) is 0 Å². The zero-order chi connectivity index (χ0) is 9.40. The lowest BCUT2D eigenvalue weighted by molar-refractivity contribution is 0.448. The first-order chi connectivity index (χ1) is 5.76. The summed E-state index contributed by atoms with van der Waals surface area (Å²) >= 11 is 5.75. The van der Waals surface area contributed by atoms with Crippen LogP contribution in [-0.2, 0) is 0 Å². The fourth-order valence-corrected chi connectivity index (χ4v) is 0.854. The Labute approximate surface area is 77.4 Å². The molecule has 0 aliphatic rings. The molecule has 63 valence electrons. The molecule has 0 aliphatic carbocycles. The van der Waals surface area contributed by atoms with Gasteiger partial charge in [0.15, 0.2) is 0 Å². The smallest absolute Gasteiger partial charge is 0.429 e. The third kappa shape index (κ3) is 4.18. The minimum Gasteiger partial charge on any atom is -0.429 e. The first-order valence-corrected chi connectivity index (χ1v) is 3.61. The molecular weight excluding hydrogens is 174 g/mol. The molecule has 1 radical (unpaired) electrons. The van der Waals surface area contributed by atoms with Crippen molar-refractivity contribution in [1.82, 2.24) is 0 Å². The molecule has 0 amide bonds. The summed E-state index contributed by atoms with van der Waals surface area (Å²) in [6, 6.07) is 7.60. The van der Waals surface area contributed by atoms with Gasteiger partial charge >= 0.3 is 7.69 Å². The summed E-state index contributed by atoms with van der Waals surface area (Å²) in [6.07, 6.45) is 1.74. The van der Waals surface area contributed by atoms with Gasteiger partial charge in [0.25, 0.3) is 0 Å². The molecule has 1 rings (SSSR count). The van der Waals surface area contributed by atoms with Crippen LogP contribution in [0.15, 0.2) is 30.8 Å². The van der Waals surface area contributed by atoms with Crippen molar-refractivity contribution in [2.75, 3.05) is 0 Å². The van der Waals surface area contributed by atoms with E-state index in [1.54, 1.807) is 6.08 Å².